The van der Waals surface area contributed by atoms with Crippen molar-refractivity contribution in [1.29, 1.82) is 0 Å². The third-order valence-electron chi connectivity index (χ3n) is 3.83. The molecule has 0 N–H and O–H groups in total. The van der Waals surface area contributed by atoms with Gasteiger partial charge in [0.15, 0.2) is 0 Å². The number of hydrogen-bond acceptors (Lipinski definition) is 3. The fourth-order valence-electron chi connectivity index (χ4n) is 2.41. The zero-order chi connectivity index (χ0) is 13.8. The predicted octanol–water partition coefficient (Wildman–Crippen LogP) is 2.89. The second-order valence-electron chi connectivity index (χ2n) is 5.30. The van der Waals surface area contributed by atoms with Crippen LogP contribution >= 0.6 is 15.9 Å². The van der Waals surface area contributed by atoms with Crippen molar-refractivity contribution in [2.45, 2.75) is 19.3 Å². The van der Waals surface area contributed by atoms with E-state index in [1.54, 1.807) is 0 Å². The van der Waals surface area contributed by atoms with Crippen LogP contribution in [0.15, 0.2) is 22.7 Å². The van der Waals surface area contributed by atoms with Gasteiger partial charge in [-0.15, -0.1) is 0 Å². The van der Waals surface area contributed by atoms with E-state index in [1.807, 2.05) is 0 Å². The van der Waals surface area contributed by atoms with Gasteiger partial charge in [-0.2, -0.15) is 0 Å². The van der Waals surface area contributed by atoms with Crippen LogP contribution < -0.4 is 4.90 Å². The third kappa shape index (κ3) is 3.57. The fraction of sp³-hybridized carbons (Fsp3) is 0.533. The van der Waals surface area contributed by atoms with Crippen LogP contribution in [0.1, 0.15) is 24.8 Å². The lowest BCUT2D eigenvalue weighted by molar-refractivity contribution is -0.108. The molecule has 1 aromatic carbocycles. The van der Waals surface area contributed by atoms with Gasteiger partial charge in [-0.3, -0.25) is 0 Å². The number of carbonyl (C=O) groups excluding carboxylic acids is 1. The van der Waals surface area contributed by atoms with E-state index < -0.39 is 0 Å². The van der Waals surface area contributed by atoms with Crippen molar-refractivity contribution in [2.75, 3.05) is 38.1 Å². The van der Waals surface area contributed by atoms with Gasteiger partial charge in [0.1, 0.15) is 6.29 Å². The van der Waals surface area contributed by atoms with Crippen molar-refractivity contribution in [1.82, 2.24) is 4.90 Å². The molecule has 1 heterocycles. The molecule has 0 amide bonds. The van der Waals surface area contributed by atoms with Gasteiger partial charge in [0.05, 0.1) is 5.69 Å². The van der Waals surface area contributed by atoms with Gasteiger partial charge in [0.2, 0.25) is 0 Å². The van der Waals surface area contributed by atoms with Crippen LogP contribution in [0, 0.1) is 0 Å². The van der Waals surface area contributed by atoms with E-state index in [4.69, 9.17) is 0 Å². The summed E-state index contributed by atoms with van der Waals surface area (Å²) in [6, 6.07) is 6.47. The SMILES string of the molecule is CC(CC=O)c1ccc(N2CCN(C)CC2)c(Br)c1. The number of likely N-dealkylation sites (N-methyl/N-ethyl adjacent to an activating group) is 1. The van der Waals surface area contributed by atoms with E-state index in [2.05, 4.69) is 57.9 Å². The van der Waals surface area contributed by atoms with E-state index >= 15 is 0 Å². The lowest BCUT2D eigenvalue weighted by Crippen LogP contribution is -2.44. The summed E-state index contributed by atoms with van der Waals surface area (Å²) >= 11 is 3.67. The minimum atomic E-state index is 0.287. The number of hydrogen-bond donors (Lipinski definition) is 0. The van der Waals surface area contributed by atoms with Crippen molar-refractivity contribution >= 4 is 27.9 Å². The zero-order valence-corrected chi connectivity index (χ0v) is 13.2. The van der Waals surface area contributed by atoms with Crippen LogP contribution in [0.5, 0.6) is 0 Å². The monoisotopic (exact) mass is 324 g/mol. The molecule has 1 saturated heterocycles. The molecule has 1 aromatic rings. The summed E-state index contributed by atoms with van der Waals surface area (Å²) in [7, 11) is 2.16. The lowest BCUT2D eigenvalue weighted by Gasteiger charge is -2.34. The van der Waals surface area contributed by atoms with Gasteiger partial charge in [0.25, 0.3) is 0 Å². The second kappa shape index (κ2) is 6.53. The van der Waals surface area contributed by atoms with Crippen LogP contribution in [-0.2, 0) is 4.79 Å². The Kier molecular flexibility index (Phi) is 4.99. The zero-order valence-electron chi connectivity index (χ0n) is 11.6. The Bertz CT molecular complexity index is 442. The molecule has 0 aromatic heterocycles. The van der Waals surface area contributed by atoms with Gasteiger partial charge in [-0.25, -0.2) is 0 Å². The molecular weight excluding hydrogens is 304 g/mol. The highest BCUT2D eigenvalue weighted by Gasteiger charge is 2.17. The van der Waals surface area contributed by atoms with Crippen molar-refractivity contribution < 1.29 is 4.79 Å². The fourth-order valence-corrected chi connectivity index (χ4v) is 3.06. The Morgan fingerprint density at radius 3 is 2.58 bits per heavy atom. The molecule has 1 aliphatic heterocycles. The molecule has 0 bridgehead atoms. The second-order valence-corrected chi connectivity index (χ2v) is 6.16. The summed E-state index contributed by atoms with van der Waals surface area (Å²) in [4.78, 5) is 15.4. The number of nitrogens with zero attached hydrogens (tertiary/aromatic N) is 2. The van der Waals surface area contributed by atoms with Gasteiger partial charge >= 0.3 is 0 Å². The maximum absolute atomic E-state index is 10.6. The Morgan fingerprint density at radius 1 is 1.32 bits per heavy atom. The first-order valence-corrected chi connectivity index (χ1v) is 7.57. The molecule has 1 aliphatic rings. The highest BCUT2D eigenvalue weighted by atomic mass is 79.9. The summed E-state index contributed by atoms with van der Waals surface area (Å²) in [5.41, 5.74) is 2.48. The normalized spacial score (nSPS) is 18.4. The first kappa shape index (κ1) is 14.5. The van der Waals surface area contributed by atoms with Crippen molar-refractivity contribution in [2.24, 2.45) is 0 Å². The number of benzene rings is 1. The predicted molar refractivity (Wildman–Crippen MR) is 82.9 cm³/mol. The van der Waals surface area contributed by atoms with Crippen molar-refractivity contribution in [3.8, 4) is 0 Å². The summed E-state index contributed by atoms with van der Waals surface area (Å²) in [5, 5.41) is 0. The number of halogens is 1. The van der Waals surface area contributed by atoms with Crippen LogP contribution in [0.25, 0.3) is 0 Å². The summed E-state index contributed by atoms with van der Waals surface area (Å²) < 4.78 is 1.13. The molecule has 3 nitrogen and oxygen atoms in total. The van der Waals surface area contributed by atoms with E-state index in [9.17, 15) is 4.79 Å². The molecule has 1 atom stereocenters. The molecule has 19 heavy (non-hydrogen) atoms. The third-order valence-corrected chi connectivity index (χ3v) is 4.47. The van der Waals surface area contributed by atoms with Crippen LogP contribution in [0.3, 0.4) is 0 Å². The minimum Gasteiger partial charge on any atom is -0.368 e. The average molecular weight is 325 g/mol. The van der Waals surface area contributed by atoms with E-state index in [-0.39, 0.29) is 5.92 Å². The quantitative estimate of drug-likeness (QED) is 0.796. The largest absolute Gasteiger partial charge is 0.368 e. The number of aldehydes is 1. The van der Waals surface area contributed by atoms with Gasteiger partial charge < -0.3 is 14.6 Å². The van der Waals surface area contributed by atoms with Crippen LogP contribution in [0.4, 0.5) is 5.69 Å². The molecule has 0 spiro atoms. The molecule has 2 rings (SSSR count). The molecule has 104 valence electrons. The molecular formula is C15H21BrN2O. The molecule has 4 heteroatoms. The van der Waals surface area contributed by atoms with E-state index in [0.717, 1.165) is 36.9 Å². The molecule has 1 fully saturated rings. The number of rotatable bonds is 4. The Morgan fingerprint density at radius 2 is 2.00 bits per heavy atom. The number of carbonyl (C=O) groups is 1. The average Bonchev–Trinajstić information content (AvgIpc) is 2.40. The summed E-state index contributed by atoms with van der Waals surface area (Å²) in [5.74, 6) is 0.287. The highest BCUT2D eigenvalue weighted by Crippen LogP contribution is 2.31. The number of anilines is 1. The summed E-state index contributed by atoms with van der Waals surface area (Å²) in [6.45, 7) is 6.44. The maximum atomic E-state index is 10.6. The Balaban J connectivity index is 2.13. The van der Waals surface area contributed by atoms with E-state index in [1.165, 1.54) is 11.3 Å². The van der Waals surface area contributed by atoms with Crippen LogP contribution in [-0.4, -0.2) is 44.4 Å². The lowest BCUT2D eigenvalue weighted by atomic mass is 9.98. The first-order chi connectivity index (χ1) is 9.11. The minimum absolute atomic E-state index is 0.287. The van der Waals surface area contributed by atoms with Gasteiger partial charge in [-0.05, 0) is 46.6 Å². The summed E-state index contributed by atoms with van der Waals surface area (Å²) in [6.07, 6.45) is 1.58. The van der Waals surface area contributed by atoms with Crippen molar-refractivity contribution in [3.05, 3.63) is 28.2 Å². The Hall–Kier alpha value is -0.870. The maximum Gasteiger partial charge on any atom is 0.120 e. The molecule has 0 radical (unpaired) electrons. The number of piperazine rings is 1. The Labute approximate surface area is 123 Å². The smallest absolute Gasteiger partial charge is 0.120 e. The van der Waals surface area contributed by atoms with Gasteiger partial charge in [0, 0.05) is 37.1 Å². The highest BCUT2D eigenvalue weighted by molar-refractivity contribution is 9.10. The topological polar surface area (TPSA) is 23.6 Å². The first-order valence-electron chi connectivity index (χ1n) is 6.78. The standard InChI is InChI=1S/C15H21BrN2O/c1-12(5-10-19)13-3-4-15(14(16)11-13)18-8-6-17(2)7-9-18/h3-4,10-12H,5-9H2,1-2H3. The van der Waals surface area contributed by atoms with E-state index in [0.29, 0.717) is 6.42 Å². The molecule has 0 aliphatic carbocycles. The van der Waals surface area contributed by atoms with Crippen molar-refractivity contribution in [3.63, 3.8) is 0 Å². The molecule has 1 unspecified atom stereocenters. The van der Waals surface area contributed by atoms with Gasteiger partial charge in [-0.1, -0.05) is 13.0 Å². The molecule has 0 saturated carbocycles. The van der Waals surface area contributed by atoms with Crippen LogP contribution in [0.2, 0.25) is 0 Å².